The zero-order valence-electron chi connectivity index (χ0n) is 34.3. The summed E-state index contributed by atoms with van der Waals surface area (Å²) in [6.45, 7) is 9.92. The number of esters is 2. The molecule has 1 aromatic heterocycles. The van der Waals surface area contributed by atoms with E-state index in [1.54, 1.807) is 6.26 Å². The Kier molecular flexibility index (Phi) is 7.52. The van der Waals surface area contributed by atoms with Gasteiger partial charge in [-0.3, -0.25) is 14.9 Å². The normalized spacial score (nSPS) is 52.6. The summed E-state index contributed by atoms with van der Waals surface area (Å²) in [4.78, 5) is 45.6. The highest BCUT2D eigenvalue weighted by Crippen LogP contribution is 2.81. The highest BCUT2D eigenvalue weighted by Gasteiger charge is 2.91. The van der Waals surface area contributed by atoms with Crippen LogP contribution in [0.4, 0.5) is 0 Å². The number of ketones is 1. The molecule has 17 atom stereocenters. The average molecular weight is 801 g/mol. The number of furan rings is 1. The standard InChI is InChI=1S/C46H60N2O10/c1-41(2)34-33(50)35(51)43(4)32(45(34)21-55-40(53)44(39(45)58-41)12-5-6-13-44)9-14-42(3)36(56-38(52)37-46(42,43)57-37)25-11-16-54-31(25)19-28-26-17-24-10-15-48-22-47-20-29(48)27(24)18-23(26)7-8-30(28)49/h10-11,15-16,23-24,26-30,32,34-37,39,47,49,51H,5-9,12-14,17-22H2,1-4H3/t23-,24+,26-,27+,28+,29-,30+,32-,34+,35+,36-,37+,39-,42-,43-,45+,46+/m0/s1. The number of carbonyl (C=O) groups is 3. The van der Waals surface area contributed by atoms with E-state index < -0.39 is 75.3 Å². The summed E-state index contributed by atoms with van der Waals surface area (Å²) < 4.78 is 32.8. The third-order valence-electron chi connectivity index (χ3n) is 19.5. The third kappa shape index (κ3) is 4.19. The van der Waals surface area contributed by atoms with Crippen molar-refractivity contribution in [1.29, 1.82) is 0 Å². The fraction of sp³-hybridized carbons (Fsp3) is 0.804. The van der Waals surface area contributed by atoms with Gasteiger partial charge in [-0.25, -0.2) is 4.79 Å². The van der Waals surface area contributed by atoms with Crippen LogP contribution < -0.4 is 5.32 Å². The van der Waals surface area contributed by atoms with Crippen molar-refractivity contribution in [3.05, 3.63) is 35.9 Å². The molecule has 0 aromatic carbocycles. The molecular weight excluding hydrogens is 741 g/mol. The van der Waals surface area contributed by atoms with Gasteiger partial charge in [0.15, 0.2) is 11.9 Å². The van der Waals surface area contributed by atoms with Crippen LogP contribution in [-0.2, 0) is 39.8 Å². The van der Waals surface area contributed by atoms with Gasteiger partial charge in [0.2, 0.25) is 0 Å². The number of rotatable bonds is 3. The van der Waals surface area contributed by atoms with Crippen molar-refractivity contribution in [2.45, 2.75) is 146 Å². The summed E-state index contributed by atoms with van der Waals surface area (Å²) in [5.74, 6) is 0.657. The van der Waals surface area contributed by atoms with Gasteiger partial charge < -0.3 is 38.5 Å². The number of hydrogen-bond donors (Lipinski definition) is 3. The monoisotopic (exact) mass is 800 g/mol. The number of cyclic esters (lactones) is 2. The molecule has 3 N–H and O–H groups in total. The SMILES string of the molecule is CC1(C)O[C@H]2C3(CCCC3)C(=O)OC[C@@]23[C@@H]1C(=O)[C@@H](O)[C@]1(C)[C@@H]3CC[C@@]2(C)[C@H](c3ccoc3C[C@@H]3[C@H]4C[C@H]5C=CN6CNC[C@H]6[C@@H]5C[C@@H]4CC[C@H]3O)OC(=O)[C@H]3O[C@@]312. The number of hydrogen-bond acceptors (Lipinski definition) is 12. The molecule has 0 bridgehead atoms. The first-order valence-electron chi connectivity index (χ1n) is 22.6. The lowest BCUT2D eigenvalue weighted by Crippen LogP contribution is -2.77. The molecule has 1 aromatic rings. The molecule has 0 unspecified atom stereocenters. The summed E-state index contributed by atoms with van der Waals surface area (Å²) in [5.41, 5.74) is -5.15. The zero-order chi connectivity index (χ0) is 39.9. The van der Waals surface area contributed by atoms with Gasteiger partial charge >= 0.3 is 11.9 Å². The number of allylic oxidation sites excluding steroid dienone is 1. The Morgan fingerprint density at radius 2 is 1.76 bits per heavy atom. The third-order valence-corrected chi connectivity index (χ3v) is 19.5. The lowest BCUT2D eigenvalue weighted by atomic mass is 9.35. The Morgan fingerprint density at radius 1 is 0.948 bits per heavy atom. The molecule has 7 heterocycles. The van der Waals surface area contributed by atoms with Crippen molar-refractivity contribution >= 4 is 17.7 Å². The first-order valence-corrected chi connectivity index (χ1v) is 22.6. The molecule has 5 saturated carbocycles. The number of nitrogens with zero attached hydrogens (tertiary/aromatic N) is 1. The highest BCUT2D eigenvalue weighted by molar-refractivity contribution is 5.92. The minimum absolute atomic E-state index is 0.00497. The summed E-state index contributed by atoms with van der Waals surface area (Å²) in [6.07, 6.45) is 11.1. The molecule has 314 valence electrons. The number of epoxide rings is 1. The van der Waals surface area contributed by atoms with E-state index in [0.717, 1.165) is 56.6 Å². The Hall–Kier alpha value is -2.77. The summed E-state index contributed by atoms with van der Waals surface area (Å²) in [5, 5.41) is 27.9. The lowest BCUT2D eigenvalue weighted by molar-refractivity contribution is -0.264. The fourth-order valence-electron chi connectivity index (χ4n) is 17.2. The zero-order valence-corrected chi connectivity index (χ0v) is 34.3. The minimum Gasteiger partial charge on any atom is -0.469 e. The second-order valence-electron chi connectivity index (χ2n) is 21.8. The predicted octanol–water partition coefficient (Wildman–Crippen LogP) is 4.61. The van der Waals surface area contributed by atoms with Crippen molar-refractivity contribution < 1.29 is 48.0 Å². The first kappa shape index (κ1) is 37.0. The molecule has 6 aliphatic heterocycles. The fourth-order valence-corrected chi connectivity index (χ4v) is 17.2. The Morgan fingerprint density at radius 3 is 2.57 bits per heavy atom. The van der Waals surface area contributed by atoms with E-state index in [0.29, 0.717) is 61.8 Å². The van der Waals surface area contributed by atoms with E-state index in [1.807, 2.05) is 26.8 Å². The van der Waals surface area contributed by atoms with Crippen LogP contribution in [0.15, 0.2) is 29.0 Å². The van der Waals surface area contributed by atoms with Crippen LogP contribution in [-0.4, -0.2) is 94.3 Å². The lowest BCUT2D eigenvalue weighted by Gasteiger charge is -2.67. The molecule has 0 radical (unpaired) electrons. The number of nitrogens with one attached hydrogen (secondary N) is 1. The van der Waals surface area contributed by atoms with E-state index in [1.165, 1.54) is 6.42 Å². The average Bonchev–Trinajstić information content (AvgIpc) is 3.62. The molecule has 11 aliphatic rings. The summed E-state index contributed by atoms with van der Waals surface area (Å²) >= 11 is 0. The van der Waals surface area contributed by atoms with Crippen molar-refractivity contribution in [2.24, 2.45) is 63.1 Å². The van der Waals surface area contributed by atoms with Crippen molar-refractivity contribution in [1.82, 2.24) is 10.2 Å². The molecule has 3 spiro atoms. The van der Waals surface area contributed by atoms with Gasteiger partial charge in [-0.2, -0.15) is 0 Å². The van der Waals surface area contributed by atoms with E-state index >= 15 is 4.79 Å². The van der Waals surface area contributed by atoms with E-state index in [2.05, 4.69) is 29.4 Å². The molecular formula is C46H60N2O10. The minimum atomic E-state index is -1.43. The highest BCUT2D eigenvalue weighted by atomic mass is 16.7. The molecule has 0 amide bonds. The van der Waals surface area contributed by atoms with E-state index in [9.17, 15) is 19.8 Å². The molecule has 5 aliphatic carbocycles. The molecule has 58 heavy (non-hydrogen) atoms. The van der Waals surface area contributed by atoms with Gasteiger partial charge in [0.1, 0.15) is 30.2 Å². The topological polar surface area (TPSA) is 160 Å². The van der Waals surface area contributed by atoms with Crippen LogP contribution in [0.5, 0.6) is 0 Å². The first-order chi connectivity index (χ1) is 27.7. The van der Waals surface area contributed by atoms with Crippen LogP contribution in [0.25, 0.3) is 0 Å². The van der Waals surface area contributed by atoms with Crippen LogP contribution in [0, 0.1) is 63.1 Å². The maximum absolute atomic E-state index is 15.0. The van der Waals surface area contributed by atoms with Crippen molar-refractivity contribution in [3.8, 4) is 0 Å². The molecule has 12 rings (SSSR count). The van der Waals surface area contributed by atoms with Gasteiger partial charge in [0, 0.05) is 40.8 Å². The van der Waals surface area contributed by atoms with Gasteiger partial charge in [0.25, 0.3) is 0 Å². The largest absolute Gasteiger partial charge is 0.469 e. The van der Waals surface area contributed by atoms with Gasteiger partial charge in [0.05, 0.1) is 42.1 Å². The van der Waals surface area contributed by atoms with Crippen LogP contribution in [0.3, 0.4) is 0 Å². The Bertz CT molecular complexity index is 1990. The number of carbonyl (C=O) groups excluding carboxylic acids is 3. The summed E-state index contributed by atoms with van der Waals surface area (Å²) in [7, 11) is 0. The van der Waals surface area contributed by atoms with Crippen LogP contribution in [0.1, 0.15) is 109 Å². The number of Topliss-reactive ketones (excluding diaryl/α,β-unsaturated/α-hetero) is 1. The maximum atomic E-state index is 15.0. The van der Waals surface area contributed by atoms with Crippen molar-refractivity contribution in [2.75, 3.05) is 19.8 Å². The molecule has 12 heteroatoms. The smallest absolute Gasteiger partial charge is 0.339 e. The second-order valence-corrected chi connectivity index (χ2v) is 21.8. The Labute approximate surface area is 340 Å². The van der Waals surface area contributed by atoms with Gasteiger partial charge in [-0.15, -0.1) is 0 Å². The molecule has 10 fully saturated rings. The quantitative estimate of drug-likeness (QED) is 0.289. The van der Waals surface area contributed by atoms with E-state index in [4.69, 9.17) is 23.4 Å². The van der Waals surface area contributed by atoms with Crippen LogP contribution >= 0.6 is 0 Å². The molecule has 12 nitrogen and oxygen atoms in total. The number of aliphatic hydroxyl groups is 2. The van der Waals surface area contributed by atoms with Gasteiger partial charge in [-0.05, 0) is 113 Å². The van der Waals surface area contributed by atoms with E-state index in [-0.39, 0.29) is 30.2 Å². The van der Waals surface area contributed by atoms with Crippen molar-refractivity contribution in [3.63, 3.8) is 0 Å². The van der Waals surface area contributed by atoms with Crippen LogP contribution in [0.2, 0.25) is 0 Å². The number of aliphatic hydroxyl groups excluding tert-OH is 2. The predicted molar refractivity (Wildman–Crippen MR) is 205 cm³/mol. The molecule has 5 saturated heterocycles. The number of fused-ring (bicyclic) bond motifs is 6. The maximum Gasteiger partial charge on any atom is 0.339 e. The number of ether oxygens (including phenoxy) is 4. The second kappa shape index (κ2) is 11.8. The Balaban J connectivity index is 0.903. The summed E-state index contributed by atoms with van der Waals surface area (Å²) in [6, 6.07) is 2.46. The van der Waals surface area contributed by atoms with Gasteiger partial charge in [-0.1, -0.05) is 32.8 Å².